The van der Waals surface area contributed by atoms with Crippen LogP contribution in [0, 0.1) is 5.92 Å². The van der Waals surface area contributed by atoms with E-state index in [0.717, 1.165) is 22.6 Å². The summed E-state index contributed by atoms with van der Waals surface area (Å²) in [5.74, 6) is 0.823. The largest absolute Gasteiger partial charge is 0.361 e. The van der Waals surface area contributed by atoms with E-state index >= 15 is 0 Å². The Morgan fingerprint density at radius 1 is 1.09 bits per heavy atom. The fourth-order valence-corrected chi connectivity index (χ4v) is 2.79. The summed E-state index contributed by atoms with van der Waals surface area (Å²) in [7, 11) is 0. The molecule has 23 heavy (non-hydrogen) atoms. The average molecular weight is 305 g/mol. The third-order valence-electron chi connectivity index (χ3n) is 4.17. The highest BCUT2D eigenvalue weighted by molar-refractivity contribution is 5.91. The Balaban J connectivity index is 1.66. The first-order valence-electron chi connectivity index (χ1n) is 7.88. The quantitative estimate of drug-likeness (QED) is 0.729. The van der Waals surface area contributed by atoms with E-state index in [0.29, 0.717) is 6.42 Å². The predicted molar refractivity (Wildman–Crippen MR) is 93.9 cm³/mol. The lowest BCUT2D eigenvalue weighted by Crippen LogP contribution is -2.31. The second kappa shape index (κ2) is 6.69. The summed E-state index contributed by atoms with van der Waals surface area (Å²) in [6.07, 6.45) is 2.64. The Morgan fingerprint density at radius 3 is 2.57 bits per heavy atom. The molecular weight excluding hydrogens is 284 g/mol. The number of aromatic amines is 1. The fraction of sp³-hybridized carbons (Fsp3) is 0.200. The molecule has 0 aliphatic rings. The van der Waals surface area contributed by atoms with E-state index in [9.17, 15) is 4.79 Å². The molecule has 0 saturated carbocycles. The lowest BCUT2D eigenvalue weighted by atomic mass is 9.99. The van der Waals surface area contributed by atoms with Crippen molar-refractivity contribution in [3.63, 3.8) is 0 Å². The van der Waals surface area contributed by atoms with Crippen molar-refractivity contribution in [1.29, 1.82) is 0 Å². The van der Waals surface area contributed by atoms with E-state index in [1.807, 2.05) is 68.6 Å². The van der Waals surface area contributed by atoms with Crippen LogP contribution < -0.4 is 5.32 Å². The summed E-state index contributed by atoms with van der Waals surface area (Å²) in [5, 5.41) is 4.25. The number of benzene rings is 2. The van der Waals surface area contributed by atoms with Gasteiger partial charge in [-0.05, 0) is 37.5 Å². The van der Waals surface area contributed by atoms with Crippen LogP contribution in [-0.2, 0) is 11.2 Å². The molecule has 117 valence electrons. The molecule has 0 spiro atoms. The van der Waals surface area contributed by atoms with Crippen molar-refractivity contribution in [2.24, 2.45) is 0 Å². The molecule has 3 aromatic rings. The molecule has 2 N–H and O–H groups in total. The molecule has 3 nitrogen and oxygen atoms in total. The van der Waals surface area contributed by atoms with Gasteiger partial charge in [-0.25, -0.2) is 0 Å². The number of carbonyl (C=O) groups is 1. The summed E-state index contributed by atoms with van der Waals surface area (Å²) < 4.78 is 0. The first-order chi connectivity index (χ1) is 11.1. The minimum Gasteiger partial charge on any atom is -0.361 e. The average Bonchev–Trinajstić information content (AvgIpc) is 2.98. The molecule has 1 atom stereocenters. The Morgan fingerprint density at radius 2 is 1.78 bits per heavy atom. The van der Waals surface area contributed by atoms with Crippen molar-refractivity contribution in [3.8, 4) is 0 Å². The summed E-state index contributed by atoms with van der Waals surface area (Å²) in [5.41, 5.74) is 3.37. The molecule has 0 aliphatic carbocycles. The Labute approximate surface area is 136 Å². The molecule has 1 aromatic heterocycles. The lowest BCUT2D eigenvalue weighted by molar-refractivity contribution is -0.119. The van der Waals surface area contributed by atoms with Gasteiger partial charge < -0.3 is 10.3 Å². The van der Waals surface area contributed by atoms with Gasteiger partial charge in [0.1, 0.15) is 0 Å². The van der Waals surface area contributed by atoms with Crippen molar-refractivity contribution in [1.82, 2.24) is 10.3 Å². The van der Waals surface area contributed by atoms with Crippen molar-refractivity contribution in [2.75, 3.05) is 0 Å². The van der Waals surface area contributed by atoms with Gasteiger partial charge in [-0.15, -0.1) is 0 Å². The first kappa shape index (κ1) is 15.3. The smallest absolute Gasteiger partial charge is 0.227 e. The molecule has 0 fully saturated rings. The Kier molecular flexibility index (Phi) is 4.47. The zero-order valence-corrected chi connectivity index (χ0v) is 13.5. The summed E-state index contributed by atoms with van der Waals surface area (Å²) in [4.78, 5) is 15.7. The Bertz CT molecular complexity index is 792. The van der Waals surface area contributed by atoms with Gasteiger partial charge in [-0.3, -0.25) is 4.79 Å². The maximum absolute atomic E-state index is 12.4. The first-order valence-corrected chi connectivity index (χ1v) is 7.88. The molecule has 1 radical (unpaired) electrons. The van der Waals surface area contributed by atoms with Crippen LogP contribution in [0.3, 0.4) is 0 Å². The molecular formula is C20H21N2O. The van der Waals surface area contributed by atoms with Gasteiger partial charge >= 0.3 is 0 Å². The number of nitrogens with one attached hydrogen (secondary N) is 2. The third-order valence-corrected chi connectivity index (χ3v) is 4.17. The van der Waals surface area contributed by atoms with Crippen molar-refractivity contribution >= 4 is 16.8 Å². The number of para-hydroxylation sites is 1. The second-order valence-electron chi connectivity index (χ2n) is 5.92. The van der Waals surface area contributed by atoms with Gasteiger partial charge in [0.25, 0.3) is 0 Å². The van der Waals surface area contributed by atoms with Gasteiger partial charge in [-0.1, -0.05) is 48.5 Å². The molecule has 1 amide bonds. The third kappa shape index (κ3) is 3.45. The number of amides is 1. The highest BCUT2D eigenvalue weighted by Gasteiger charge is 2.18. The molecule has 2 aromatic carbocycles. The molecule has 0 bridgehead atoms. The van der Waals surface area contributed by atoms with E-state index in [1.54, 1.807) is 0 Å². The molecule has 3 heteroatoms. The number of aromatic nitrogens is 1. The van der Waals surface area contributed by atoms with Crippen LogP contribution in [0.5, 0.6) is 0 Å². The standard InChI is InChI=1S/C20H21N2O/c1-14(12-17-13-21-19-11-7-6-10-18(17)19)20(23)22-15(2)16-8-4-3-5-9-16/h3-11,13,15,21H,12H2,1-2H3,(H,22,23). The van der Waals surface area contributed by atoms with Crippen LogP contribution in [0.4, 0.5) is 0 Å². The molecule has 0 aliphatic heterocycles. The van der Waals surface area contributed by atoms with E-state index in [1.165, 1.54) is 5.39 Å². The fourth-order valence-electron chi connectivity index (χ4n) is 2.79. The van der Waals surface area contributed by atoms with Crippen LogP contribution in [0.2, 0.25) is 0 Å². The highest BCUT2D eigenvalue weighted by atomic mass is 16.1. The topological polar surface area (TPSA) is 44.9 Å². The van der Waals surface area contributed by atoms with Gasteiger partial charge in [0.2, 0.25) is 5.91 Å². The van der Waals surface area contributed by atoms with Gasteiger partial charge in [0.15, 0.2) is 0 Å². The monoisotopic (exact) mass is 305 g/mol. The van der Waals surface area contributed by atoms with Gasteiger partial charge in [0.05, 0.1) is 12.0 Å². The lowest BCUT2D eigenvalue weighted by Gasteiger charge is -2.17. The Hall–Kier alpha value is -2.55. The number of hydrogen-bond acceptors (Lipinski definition) is 1. The minimum atomic E-state index is 0.00150. The van der Waals surface area contributed by atoms with Gasteiger partial charge in [0, 0.05) is 17.1 Å². The molecule has 1 unspecified atom stereocenters. The van der Waals surface area contributed by atoms with Crippen LogP contribution >= 0.6 is 0 Å². The number of hydrogen-bond donors (Lipinski definition) is 2. The SMILES string of the molecule is C[C](Cc1c[nH]c2ccccc12)C(=O)NC(C)c1ccccc1. The number of fused-ring (bicyclic) bond motifs is 1. The van der Waals surface area contributed by atoms with E-state index < -0.39 is 0 Å². The van der Waals surface area contributed by atoms with E-state index in [-0.39, 0.29) is 11.9 Å². The molecule has 3 rings (SSSR count). The molecule has 0 saturated heterocycles. The molecule has 1 heterocycles. The van der Waals surface area contributed by atoms with Crippen molar-refractivity contribution in [2.45, 2.75) is 26.3 Å². The predicted octanol–water partition coefficient (Wildman–Crippen LogP) is 4.18. The van der Waals surface area contributed by atoms with Crippen LogP contribution in [0.1, 0.15) is 31.0 Å². The maximum Gasteiger partial charge on any atom is 0.227 e. The van der Waals surface area contributed by atoms with Gasteiger partial charge in [-0.2, -0.15) is 0 Å². The van der Waals surface area contributed by atoms with Crippen LogP contribution in [-0.4, -0.2) is 10.9 Å². The highest BCUT2D eigenvalue weighted by Crippen LogP contribution is 2.22. The van der Waals surface area contributed by atoms with E-state index in [4.69, 9.17) is 0 Å². The second-order valence-corrected chi connectivity index (χ2v) is 5.92. The number of H-pyrrole nitrogens is 1. The summed E-state index contributed by atoms with van der Waals surface area (Å²) >= 11 is 0. The normalized spacial score (nSPS) is 12.5. The summed E-state index contributed by atoms with van der Waals surface area (Å²) in [6.45, 7) is 3.90. The van der Waals surface area contributed by atoms with Crippen molar-refractivity contribution in [3.05, 3.63) is 77.8 Å². The van der Waals surface area contributed by atoms with Crippen molar-refractivity contribution < 1.29 is 4.79 Å². The van der Waals surface area contributed by atoms with Crippen LogP contribution in [0.15, 0.2) is 60.8 Å². The number of rotatable bonds is 5. The zero-order valence-electron chi connectivity index (χ0n) is 13.5. The van der Waals surface area contributed by atoms with E-state index in [2.05, 4.69) is 16.4 Å². The zero-order chi connectivity index (χ0) is 16.2. The summed E-state index contributed by atoms with van der Waals surface area (Å²) in [6, 6.07) is 18.2. The number of carbonyl (C=O) groups excluding carboxylic acids is 1. The maximum atomic E-state index is 12.4. The minimum absolute atomic E-state index is 0.00150. The van der Waals surface area contributed by atoms with Crippen LogP contribution in [0.25, 0.3) is 10.9 Å².